The summed E-state index contributed by atoms with van der Waals surface area (Å²) in [6.07, 6.45) is 10.9. The number of nitrogens with zero attached hydrogens (tertiary/aromatic N) is 5. The third kappa shape index (κ3) is 3.18. The van der Waals surface area contributed by atoms with Gasteiger partial charge in [-0.15, -0.1) is 0 Å². The van der Waals surface area contributed by atoms with Crippen molar-refractivity contribution in [2.45, 2.75) is 56.5 Å². The Morgan fingerprint density at radius 1 is 1.42 bits per heavy atom. The van der Waals surface area contributed by atoms with Crippen LogP contribution >= 0.6 is 0 Å². The number of hydrogen-bond acceptors (Lipinski definition) is 4. The molecule has 1 atom stereocenters. The number of rotatable bonds is 4. The number of likely N-dealkylation sites (tertiary alicyclic amines) is 1. The number of carbonyl (C=O) groups excluding carboxylic acids is 1. The smallest absolute Gasteiger partial charge is 0.237 e. The van der Waals surface area contributed by atoms with Crippen LogP contribution < -0.4 is 0 Å². The van der Waals surface area contributed by atoms with Crippen LogP contribution in [0.15, 0.2) is 12.4 Å². The normalized spacial score (nSPS) is 23.8. The Kier molecular flexibility index (Phi) is 4.91. The summed E-state index contributed by atoms with van der Waals surface area (Å²) in [4.78, 5) is 16.8. The molecule has 1 amide bonds. The van der Waals surface area contributed by atoms with Crippen LogP contribution in [0.25, 0.3) is 0 Å². The van der Waals surface area contributed by atoms with Gasteiger partial charge in [0.2, 0.25) is 5.91 Å². The van der Waals surface area contributed by atoms with Gasteiger partial charge in [0.15, 0.2) is 0 Å². The third-order valence-electron chi connectivity index (χ3n) is 5.72. The predicted molar refractivity (Wildman–Crippen MR) is 91.0 cm³/mol. The summed E-state index contributed by atoms with van der Waals surface area (Å²) in [6.45, 7) is 1.32. The molecule has 0 spiro atoms. The molecule has 130 valence electrons. The molecule has 1 aromatic rings. The molecule has 1 saturated carbocycles. The summed E-state index contributed by atoms with van der Waals surface area (Å²) in [5, 5.41) is 13.9. The van der Waals surface area contributed by atoms with Crippen LogP contribution in [0.3, 0.4) is 0 Å². The first kappa shape index (κ1) is 17.0. The molecule has 0 radical (unpaired) electrons. The van der Waals surface area contributed by atoms with Crippen LogP contribution in [0.1, 0.15) is 56.6 Å². The highest BCUT2D eigenvalue weighted by molar-refractivity contribution is 5.79. The van der Waals surface area contributed by atoms with Crippen molar-refractivity contribution in [2.24, 2.45) is 7.05 Å². The zero-order chi connectivity index (χ0) is 17.2. The third-order valence-corrected chi connectivity index (χ3v) is 5.72. The Hall–Kier alpha value is -1.87. The number of nitriles is 1. The lowest BCUT2D eigenvalue weighted by atomic mass is 9.81. The van der Waals surface area contributed by atoms with E-state index in [0.717, 1.165) is 45.1 Å². The van der Waals surface area contributed by atoms with Crippen molar-refractivity contribution < 1.29 is 4.79 Å². The van der Waals surface area contributed by atoms with E-state index in [0.29, 0.717) is 6.54 Å². The first-order valence-electron chi connectivity index (χ1n) is 8.96. The van der Waals surface area contributed by atoms with Crippen molar-refractivity contribution in [2.75, 3.05) is 20.1 Å². The number of amides is 1. The molecule has 0 N–H and O–H groups in total. The largest absolute Gasteiger partial charge is 0.326 e. The Balaban J connectivity index is 1.68. The number of hydrogen-bond donors (Lipinski definition) is 0. The molecule has 6 heteroatoms. The van der Waals surface area contributed by atoms with Crippen LogP contribution in [0.4, 0.5) is 0 Å². The fraction of sp³-hybridized carbons (Fsp3) is 0.722. The average Bonchev–Trinajstić information content (AvgIpc) is 3.23. The molecule has 0 unspecified atom stereocenters. The minimum Gasteiger partial charge on any atom is -0.326 e. The topological polar surface area (TPSA) is 65.2 Å². The van der Waals surface area contributed by atoms with Gasteiger partial charge in [0, 0.05) is 31.9 Å². The van der Waals surface area contributed by atoms with E-state index in [4.69, 9.17) is 0 Å². The minimum atomic E-state index is -0.598. The van der Waals surface area contributed by atoms with Crippen LogP contribution in [-0.2, 0) is 11.8 Å². The number of likely N-dealkylation sites (N-methyl/N-ethyl adjacent to an activating group) is 1. The highest BCUT2D eigenvalue weighted by Gasteiger charge is 2.40. The predicted octanol–water partition coefficient (Wildman–Crippen LogP) is 2.24. The second-order valence-electron chi connectivity index (χ2n) is 7.23. The summed E-state index contributed by atoms with van der Waals surface area (Å²) in [6, 6.07) is 2.71. The van der Waals surface area contributed by atoms with Gasteiger partial charge in [-0.05, 0) is 32.2 Å². The number of aryl methyl sites for hydroxylation is 1. The molecule has 1 aliphatic heterocycles. The van der Waals surface area contributed by atoms with E-state index < -0.39 is 5.54 Å². The average molecular weight is 329 g/mol. The maximum absolute atomic E-state index is 12.9. The Labute approximate surface area is 144 Å². The zero-order valence-corrected chi connectivity index (χ0v) is 14.7. The molecular weight excluding hydrogens is 302 g/mol. The number of carbonyl (C=O) groups is 1. The maximum Gasteiger partial charge on any atom is 0.237 e. The van der Waals surface area contributed by atoms with Crippen molar-refractivity contribution in [3.05, 3.63) is 18.0 Å². The molecule has 6 nitrogen and oxygen atoms in total. The van der Waals surface area contributed by atoms with Gasteiger partial charge in [-0.25, -0.2) is 0 Å². The summed E-state index contributed by atoms with van der Waals surface area (Å²) in [5.74, 6) is 0.0641. The summed E-state index contributed by atoms with van der Waals surface area (Å²) >= 11 is 0. The quantitative estimate of drug-likeness (QED) is 0.850. The van der Waals surface area contributed by atoms with Crippen molar-refractivity contribution in [1.82, 2.24) is 19.6 Å². The van der Waals surface area contributed by atoms with Gasteiger partial charge in [-0.2, -0.15) is 10.4 Å². The van der Waals surface area contributed by atoms with Gasteiger partial charge in [-0.1, -0.05) is 19.3 Å². The maximum atomic E-state index is 12.9. The summed E-state index contributed by atoms with van der Waals surface area (Å²) in [7, 11) is 3.73. The summed E-state index contributed by atoms with van der Waals surface area (Å²) < 4.78 is 1.81. The molecule has 0 aromatic carbocycles. The first-order valence-corrected chi connectivity index (χ1v) is 8.96. The SMILES string of the molecule is CN(C(=O)CN1CCC[C@@H]1c1cnn(C)c1)C1(C#N)CCCCC1. The van der Waals surface area contributed by atoms with Crippen molar-refractivity contribution in [3.8, 4) is 6.07 Å². The Bertz CT molecular complexity index is 626. The second kappa shape index (κ2) is 6.94. The minimum absolute atomic E-state index is 0.0641. The van der Waals surface area contributed by atoms with Crippen molar-refractivity contribution in [3.63, 3.8) is 0 Å². The van der Waals surface area contributed by atoms with E-state index in [-0.39, 0.29) is 11.9 Å². The van der Waals surface area contributed by atoms with Gasteiger partial charge >= 0.3 is 0 Å². The van der Waals surface area contributed by atoms with Crippen molar-refractivity contribution in [1.29, 1.82) is 5.26 Å². The molecule has 1 aliphatic carbocycles. The van der Waals surface area contributed by atoms with Crippen LogP contribution in [0, 0.1) is 11.3 Å². The van der Waals surface area contributed by atoms with Gasteiger partial charge in [0.05, 0.1) is 18.8 Å². The molecule has 0 bridgehead atoms. The van der Waals surface area contributed by atoms with E-state index in [1.165, 1.54) is 12.0 Å². The standard InChI is InChI=1S/C18H27N5O/c1-21-12-15(11-20-21)16-7-6-10-23(16)13-17(24)22(2)18(14-19)8-4-3-5-9-18/h11-12,16H,3-10,13H2,1-2H3/t16-/m1/s1. The molecule has 2 heterocycles. The van der Waals surface area contributed by atoms with Gasteiger partial charge in [-0.3, -0.25) is 14.4 Å². The molecule has 2 fully saturated rings. The monoisotopic (exact) mass is 329 g/mol. The lowest BCUT2D eigenvalue weighted by molar-refractivity contribution is -0.136. The fourth-order valence-corrected chi connectivity index (χ4v) is 4.18. The van der Waals surface area contributed by atoms with Gasteiger partial charge in [0.1, 0.15) is 5.54 Å². The first-order chi connectivity index (χ1) is 11.6. The second-order valence-corrected chi connectivity index (χ2v) is 7.23. The van der Waals surface area contributed by atoms with E-state index in [2.05, 4.69) is 16.1 Å². The fourth-order valence-electron chi connectivity index (χ4n) is 4.18. The lowest BCUT2D eigenvalue weighted by Crippen LogP contribution is -2.52. The highest BCUT2D eigenvalue weighted by atomic mass is 16.2. The van der Waals surface area contributed by atoms with Crippen LogP contribution in [0.5, 0.6) is 0 Å². The van der Waals surface area contributed by atoms with E-state index in [1.807, 2.05) is 31.2 Å². The molecule has 1 saturated heterocycles. The molecule has 3 rings (SSSR count). The summed E-state index contributed by atoms with van der Waals surface area (Å²) in [5.41, 5.74) is 0.580. The highest BCUT2D eigenvalue weighted by Crippen LogP contribution is 2.34. The van der Waals surface area contributed by atoms with E-state index >= 15 is 0 Å². The molecule has 1 aromatic heterocycles. The molecule has 24 heavy (non-hydrogen) atoms. The van der Waals surface area contributed by atoms with Crippen LogP contribution in [0.2, 0.25) is 0 Å². The zero-order valence-electron chi connectivity index (χ0n) is 14.7. The Morgan fingerprint density at radius 2 is 2.17 bits per heavy atom. The van der Waals surface area contributed by atoms with Crippen molar-refractivity contribution >= 4 is 5.91 Å². The number of aromatic nitrogens is 2. The van der Waals surface area contributed by atoms with Gasteiger partial charge < -0.3 is 4.90 Å². The molecule has 2 aliphatic rings. The molecular formula is C18H27N5O. The van der Waals surface area contributed by atoms with Crippen LogP contribution in [-0.4, -0.2) is 51.2 Å². The van der Waals surface area contributed by atoms with E-state index in [1.54, 1.807) is 4.90 Å². The lowest BCUT2D eigenvalue weighted by Gasteiger charge is -2.40. The Morgan fingerprint density at radius 3 is 2.79 bits per heavy atom. The van der Waals surface area contributed by atoms with E-state index in [9.17, 15) is 10.1 Å². The van der Waals surface area contributed by atoms with Gasteiger partial charge in [0.25, 0.3) is 0 Å².